The van der Waals surface area contributed by atoms with Gasteiger partial charge in [-0.2, -0.15) is 0 Å². The monoisotopic (exact) mass is 425 g/mol. The zero-order valence-corrected chi connectivity index (χ0v) is 18.1. The van der Waals surface area contributed by atoms with E-state index in [9.17, 15) is 14.0 Å². The third-order valence-corrected chi connectivity index (χ3v) is 5.83. The first kappa shape index (κ1) is 22.8. The number of rotatable bonds is 8. The van der Waals surface area contributed by atoms with Gasteiger partial charge in [-0.1, -0.05) is 55.8 Å². The van der Waals surface area contributed by atoms with Crippen molar-refractivity contribution in [1.29, 1.82) is 0 Å². The molecule has 1 fully saturated rings. The lowest BCUT2D eigenvalue weighted by molar-refractivity contribution is -0.126. The van der Waals surface area contributed by atoms with Gasteiger partial charge in [0.15, 0.2) is 0 Å². The van der Waals surface area contributed by atoms with Crippen LogP contribution >= 0.6 is 0 Å². The second-order valence-corrected chi connectivity index (χ2v) is 8.11. The molecule has 5 nitrogen and oxygen atoms in total. The largest absolute Gasteiger partial charge is 0.355 e. The maximum Gasteiger partial charge on any atom is 0.317 e. The molecule has 0 saturated carbocycles. The van der Waals surface area contributed by atoms with Gasteiger partial charge in [0, 0.05) is 19.6 Å². The van der Waals surface area contributed by atoms with Crippen molar-refractivity contribution < 1.29 is 14.0 Å². The topological polar surface area (TPSA) is 61.4 Å². The lowest BCUT2D eigenvalue weighted by atomic mass is 9.88. The van der Waals surface area contributed by atoms with Crippen molar-refractivity contribution in [1.82, 2.24) is 15.5 Å². The van der Waals surface area contributed by atoms with Gasteiger partial charge in [-0.3, -0.25) is 4.79 Å². The van der Waals surface area contributed by atoms with Crippen LogP contribution < -0.4 is 10.6 Å². The normalized spacial score (nSPS) is 18.5. The Balaban J connectivity index is 1.62. The van der Waals surface area contributed by atoms with Crippen molar-refractivity contribution in [3.63, 3.8) is 0 Å². The average molecular weight is 426 g/mol. The van der Waals surface area contributed by atoms with Gasteiger partial charge < -0.3 is 15.5 Å². The highest BCUT2D eigenvalue weighted by Crippen LogP contribution is 2.33. The molecule has 0 spiro atoms. The highest BCUT2D eigenvalue weighted by Gasteiger charge is 2.35. The van der Waals surface area contributed by atoms with Crippen molar-refractivity contribution in [2.75, 3.05) is 19.6 Å². The highest BCUT2D eigenvalue weighted by atomic mass is 19.1. The predicted octanol–water partition coefficient (Wildman–Crippen LogP) is 4.45. The first-order valence-electron chi connectivity index (χ1n) is 11.2. The molecule has 0 aliphatic carbocycles. The van der Waals surface area contributed by atoms with E-state index in [4.69, 9.17) is 0 Å². The second kappa shape index (κ2) is 11.5. The summed E-state index contributed by atoms with van der Waals surface area (Å²) < 4.78 is 13.4. The third kappa shape index (κ3) is 6.54. The SMILES string of the molecule is CCCCNC(=O)N1CC(C(=O)NCCc2ccccc2)CCC1c1ccc(F)cc1. The molecule has 2 aromatic carbocycles. The Kier molecular flexibility index (Phi) is 8.44. The van der Waals surface area contributed by atoms with Crippen molar-refractivity contribution >= 4 is 11.9 Å². The Hall–Kier alpha value is -2.89. The fourth-order valence-corrected chi connectivity index (χ4v) is 4.03. The fraction of sp³-hybridized carbons (Fsp3) is 0.440. The van der Waals surface area contributed by atoms with Crippen LogP contribution in [0.4, 0.5) is 9.18 Å². The number of carbonyl (C=O) groups excluding carboxylic acids is 2. The molecule has 1 saturated heterocycles. The van der Waals surface area contributed by atoms with E-state index in [0.29, 0.717) is 32.5 Å². The molecule has 2 unspecified atom stereocenters. The van der Waals surface area contributed by atoms with Crippen LogP contribution in [0.1, 0.15) is 49.8 Å². The number of piperidine rings is 1. The summed E-state index contributed by atoms with van der Waals surface area (Å²) in [5, 5.41) is 6.00. The number of amides is 3. The summed E-state index contributed by atoms with van der Waals surface area (Å²) in [5.74, 6) is -0.557. The minimum Gasteiger partial charge on any atom is -0.355 e. The lowest BCUT2D eigenvalue weighted by Crippen LogP contribution is -2.50. The molecule has 2 atom stereocenters. The maximum absolute atomic E-state index is 13.4. The predicted molar refractivity (Wildman–Crippen MR) is 120 cm³/mol. The third-order valence-electron chi connectivity index (χ3n) is 5.83. The van der Waals surface area contributed by atoms with E-state index in [1.807, 2.05) is 30.3 Å². The van der Waals surface area contributed by atoms with E-state index < -0.39 is 0 Å². The van der Waals surface area contributed by atoms with Gasteiger partial charge in [0.2, 0.25) is 5.91 Å². The van der Waals surface area contributed by atoms with Crippen LogP contribution in [0.2, 0.25) is 0 Å². The first-order valence-corrected chi connectivity index (χ1v) is 11.2. The number of halogens is 1. The van der Waals surface area contributed by atoms with Gasteiger partial charge in [-0.05, 0) is 48.9 Å². The molecule has 0 aromatic heterocycles. The number of urea groups is 1. The van der Waals surface area contributed by atoms with Crippen molar-refractivity contribution in [3.05, 3.63) is 71.5 Å². The van der Waals surface area contributed by atoms with Gasteiger partial charge in [-0.25, -0.2) is 9.18 Å². The molecule has 0 bridgehead atoms. The molecule has 0 radical (unpaired) electrons. The Bertz CT molecular complexity index is 842. The Morgan fingerprint density at radius 3 is 2.45 bits per heavy atom. The quantitative estimate of drug-likeness (QED) is 0.614. The number of likely N-dealkylation sites (tertiary alicyclic amines) is 1. The van der Waals surface area contributed by atoms with Crippen LogP contribution in [0.15, 0.2) is 54.6 Å². The smallest absolute Gasteiger partial charge is 0.317 e. The summed E-state index contributed by atoms with van der Waals surface area (Å²) in [6, 6.07) is 16.0. The summed E-state index contributed by atoms with van der Waals surface area (Å²) in [7, 11) is 0. The number of unbranched alkanes of at least 4 members (excludes halogenated alkanes) is 1. The van der Waals surface area contributed by atoms with Crippen molar-refractivity contribution in [2.45, 2.75) is 45.1 Å². The zero-order valence-electron chi connectivity index (χ0n) is 18.1. The molecule has 1 aliphatic heterocycles. The summed E-state index contributed by atoms with van der Waals surface area (Å²) in [6.07, 6.45) is 4.04. The number of nitrogens with one attached hydrogen (secondary N) is 2. The van der Waals surface area contributed by atoms with E-state index >= 15 is 0 Å². The molecule has 166 valence electrons. The number of nitrogens with zero attached hydrogens (tertiary/aromatic N) is 1. The van der Waals surface area contributed by atoms with E-state index in [1.54, 1.807) is 17.0 Å². The molecule has 2 N–H and O–H groups in total. The number of benzene rings is 2. The standard InChI is InChI=1S/C25H32FN3O2/c1-2-3-16-28-25(31)29-18-21(11-14-23(29)20-9-12-22(26)13-10-20)24(30)27-17-15-19-7-5-4-6-8-19/h4-10,12-13,21,23H,2-3,11,14-18H2,1H3,(H,27,30)(H,28,31). The van der Waals surface area contributed by atoms with E-state index in [0.717, 1.165) is 24.8 Å². The van der Waals surface area contributed by atoms with Crippen LogP contribution in [-0.4, -0.2) is 36.5 Å². The fourth-order valence-electron chi connectivity index (χ4n) is 4.03. The Morgan fingerprint density at radius 2 is 1.74 bits per heavy atom. The Labute approximate surface area is 184 Å². The summed E-state index contributed by atoms with van der Waals surface area (Å²) in [4.78, 5) is 27.4. The number of hydrogen-bond donors (Lipinski definition) is 2. The summed E-state index contributed by atoms with van der Waals surface area (Å²) in [6.45, 7) is 3.61. The van der Waals surface area contributed by atoms with Crippen LogP contribution in [0, 0.1) is 11.7 Å². The first-order chi connectivity index (χ1) is 15.1. The van der Waals surface area contributed by atoms with Crippen LogP contribution in [-0.2, 0) is 11.2 Å². The second-order valence-electron chi connectivity index (χ2n) is 8.11. The van der Waals surface area contributed by atoms with E-state index in [-0.39, 0.29) is 29.7 Å². The van der Waals surface area contributed by atoms with Gasteiger partial charge >= 0.3 is 6.03 Å². The van der Waals surface area contributed by atoms with Gasteiger partial charge in [0.1, 0.15) is 5.82 Å². The molecule has 1 heterocycles. The van der Waals surface area contributed by atoms with Crippen LogP contribution in [0.25, 0.3) is 0 Å². The van der Waals surface area contributed by atoms with Crippen LogP contribution in [0.3, 0.4) is 0 Å². The van der Waals surface area contributed by atoms with Gasteiger partial charge in [0.25, 0.3) is 0 Å². The maximum atomic E-state index is 13.4. The molecular weight excluding hydrogens is 393 g/mol. The zero-order chi connectivity index (χ0) is 22.1. The lowest BCUT2D eigenvalue weighted by Gasteiger charge is -2.39. The average Bonchev–Trinajstić information content (AvgIpc) is 2.80. The minimum atomic E-state index is -0.297. The van der Waals surface area contributed by atoms with E-state index in [2.05, 4.69) is 17.6 Å². The molecule has 3 amide bonds. The molecule has 2 aromatic rings. The highest BCUT2D eigenvalue weighted by molar-refractivity contribution is 5.81. The molecule has 6 heteroatoms. The summed E-state index contributed by atoms with van der Waals surface area (Å²) in [5.41, 5.74) is 2.08. The Morgan fingerprint density at radius 1 is 1.00 bits per heavy atom. The number of carbonyl (C=O) groups is 2. The minimum absolute atomic E-state index is 0.0140. The molecular formula is C25H32FN3O2. The van der Waals surface area contributed by atoms with Crippen LogP contribution in [0.5, 0.6) is 0 Å². The molecule has 3 rings (SSSR count). The molecule has 1 aliphatic rings. The van der Waals surface area contributed by atoms with Gasteiger partial charge in [-0.15, -0.1) is 0 Å². The van der Waals surface area contributed by atoms with Gasteiger partial charge in [0.05, 0.1) is 12.0 Å². The summed E-state index contributed by atoms with van der Waals surface area (Å²) >= 11 is 0. The van der Waals surface area contributed by atoms with Crippen molar-refractivity contribution in [2.24, 2.45) is 5.92 Å². The van der Waals surface area contributed by atoms with E-state index in [1.165, 1.54) is 17.7 Å². The molecule has 31 heavy (non-hydrogen) atoms. The number of hydrogen-bond acceptors (Lipinski definition) is 2. The van der Waals surface area contributed by atoms with Crippen molar-refractivity contribution in [3.8, 4) is 0 Å².